The monoisotopic (exact) mass is 287 g/mol. The van der Waals surface area contributed by atoms with E-state index >= 15 is 0 Å². The van der Waals surface area contributed by atoms with E-state index in [9.17, 15) is 0 Å². The van der Waals surface area contributed by atoms with E-state index in [0.29, 0.717) is 18.6 Å². The maximum absolute atomic E-state index is 7.54. The first-order valence-electron chi connectivity index (χ1n) is 7.52. The number of benzene rings is 1. The molecule has 1 fully saturated rings. The topological polar surface area (TPSA) is 63.8 Å². The van der Waals surface area contributed by atoms with E-state index in [0.717, 1.165) is 18.7 Å². The van der Waals surface area contributed by atoms with Gasteiger partial charge >= 0.3 is 0 Å². The van der Waals surface area contributed by atoms with E-state index in [4.69, 9.17) is 5.41 Å². The van der Waals surface area contributed by atoms with Gasteiger partial charge in [-0.15, -0.1) is 0 Å². The molecule has 21 heavy (non-hydrogen) atoms. The highest BCUT2D eigenvalue weighted by Gasteiger charge is 2.24. The van der Waals surface area contributed by atoms with E-state index in [1.54, 1.807) is 7.05 Å². The molecule has 3 unspecified atom stereocenters. The van der Waals surface area contributed by atoms with E-state index in [1.165, 1.54) is 11.9 Å². The highest BCUT2D eigenvalue weighted by Crippen LogP contribution is 2.24. The SMILES string of the molecule is CN=NCC(C=N)c1ccc(N2C(C)CNCC2C)cc1. The molecule has 114 valence electrons. The number of hydrogen-bond donors (Lipinski definition) is 2. The molecule has 0 aromatic heterocycles. The second-order valence-electron chi connectivity index (χ2n) is 5.65. The summed E-state index contributed by atoms with van der Waals surface area (Å²) in [6.07, 6.45) is 1.44. The molecule has 0 amide bonds. The van der Waals surface area contributed by atoms with Gasteiger partial charge in [0.1, 0.15) is 0 Å². The summed E-state index contributed by atoms with van der Waals surface area (Å²) >= 11 is 0. The van der Waals surface area contributed by atoms with Gasteiger partial charge in [0.25, 0.3) is 0 Å². The minimum Gasteiger partial charge on any atom is -0.364 e. The van der Waals surface area contributed by atoms with Gasteiger partial charge in [0.2, 0.25) is 0 Å². The molecule has 2 N–H and O–H groups in total. The van der Waals surface area contributed by atoms with Gasteiger partial charge in [-0.1, -0.05) is 12.1 Å². The van der Waals surface area contributed by atoms with Crippen molar-refractivity contribution in [3.05, 3.63) is 29.8 Å². The van der Waals surface area contributed by atoms with Gasteiger partial charge in [-0.3, -0.25) is 0 Å². The summed E-state index contributed by atoms with van der Waals surface area (Å²) in [5.74, 6) is 0.0145. The van der Waals surface area contributed by atoms with Crippen LogP contribution in [-0.2, 0) is 0 Å². The van der Waals surface area contributed by atoms with Gasteiger partial charge in [-0.2, -0.15) is 10.2 Å². The predicted octanol–water partition coefficient (Wildman–Crippen LogP) is 2.69. The fourth-order valence-corrected chi connectivity index (χ4v) is 2.96. The van der Waals surface area contributed by atoms with Gasteiger partial charge < -0.3 is 15.6 Å². The normalized spacial score (nSPS) is 24.2. The highest BCUT2D eigenvalue weighted by molar-refractivity contribution is 5.66. The molecule has 1 aliphatic heterocycles. The number of azo groups is 1. The molecular formula is C16H25N5. The summed E-state index contributed by atoms with van der Waals surface area (Å²) in [6, 6.07) is 9.52. The molecular weight excluding hydrogens is 262 g/mol. The highest BCUT2D eigenvalue weighted by atomic mass is 15.2. The summed E-state index contributed by atoms with van der Waals surface area (Å²) in [4.78, 5) is 2.46. The van der Waals surface area contributed by atoms with Crippen LogP contribution in [0.5, 0.6) is 0 Å². The molecule has 2 rings (SSSR count). The molecule has 1 saturated heterocycles. The summed E-state index contributed by atoms with van der Waals surface area (Å²) in [7, 11) is 1.66. The first-order valence-corrected chi connectivity index (χ1v) is 7.52. The van der Waals surface area contributed by atoms with Crippen molar-refractivity contribution in [1.29, 1.82) is 5.41 Å². The van der Waals surface area contributed by atoms with Crippen molar-refractivity contribution in [3.8, 4) is 0 Å². The average Bonchev–Trinajstić information content (AvgIpc) is 2.49. The third-order valence-corrected chi connectivity index (χ3v) is 4.07. The number of hydrogen-bond acceptors (Lipinski definition) is 5. The summed E-state index contributed by atoms with van der Waals surface area (Å²) in [6.45, 7) is 7.08. The van der Waals surface area contributed by atoms with Crippen molar-refractivity contribution >= 4 is 11.9 Å². The fourth-order valence-electron chi connectivity index (χ4n) is 2.96. The summed E-state index contributed by atoms with van der Waals surface area (Å²) in [5.41, 5.74) is 2.37. The molecule has 0 bridgehead atoms. The molecule has 0 spiro atoms. The largest absolute Gasteiger partial charge is 0.364 e. The zero-order valence-corrected chi connectivity index (χ0v) is 13.1. The number of nitrogens with one attached hydrogen (secondary N) is 2. The van der Waals surface area contributed by atoms with Crippen LogP contribution in [0.25, 0.3) is 0 Å². The Morgan fingerprint density at radius 1 is 1.29 bits per heavy atom. The lowest BCUT2D eigenvalue weighted by atomic mass is 9.99. The van der Waals surface area contributed by atoms with Crippen molar-refractivity contribution in [2.24, 2.45) is 10.2 Å². The zero-order chi connectivity index (χ0) is 15.2. The molecule has 0 aliphatic carbocycles. The Kier molecular flexibility index (Phi) is 5.44. The van der Waals surface area contributed by atoms with Crippen LogP contribution in [0.3, 0.4) is 0 Å². The Morgan fingerprint density at radius 3 is 2.43 bits per heavy atom. The number of nitrogens with zero attached hydrogens (tertiary/aromatic N) is 3. The van der Waals surface area contributed by atoms with Crippen LogP contribution in [-0.4, -0.2) is 45.0 Å². The lowest BCUT2D eigenvalue weighted by Crippen LogP contribution is -2.55. The van der Waals surface area contributed by atoms with Crippen LogP contribution >= 0.6 is 0 Å². The van der Waals surface area contributed by atoms with Crippen molar-refractivity contribution in [3.63, 3.8) is 0 Å². The van der Waals surface area contributed by atoms with E-state index in [2.05, 4.69) is 58.6 Å². The summed E-state index contributed by atoms with van der Waals surface area (Å²) in [5, 5.41) is 18.8. The van der Waals surface area contributed by atoms with Crippen LogP contribution < -0.4 is 10.2 Å². The molecule has 5 nitrogen and oxygen atoms in total. The first kappa shape index (κ1) is 15.6. The molecule has 0 saturated carbocycles. The second-order valence-corrected chi connectivity index (χ2v) is 5.65. The fraction of sp³-hybridized carbons (Fsp3) is 0.562. The smallest absolute Gasteiger partial charge is 0.0716 e. The maximum Gasteiger partial charge on any atom is 0.0716 e. The van der Waals surface area contributed by atoms with Crippen molar-refractivity contribution in [2.75, 3.05) is 31.6 Å². The third-order valence-electron chi connectivity index (χ3n) is 4.07. The lowest BCUT2D eigenvalue weighted by molar-refractivity contribution is 0.432. The molecule has 1 aliphatic rings. The standard InChI is InChI=1S/C16H25N5/c1-12-9-19-10-13(2)21(12)16-6-4-14(5-7-16)15(8-17)11-20-18-3/h4-8,12-13,15,17,19H,9-11H2,1-3H3. The summed E-state index contributed by atoms with van der Waals surface area (Å²) < 4.78 is 0. The van der Waals surface area contributed by atoms with Gasteiger partial charge in [-0.05, 0) is 31.5 Å². The van der Waals surface area contributed by atoms with Crippen LogP contribution in [0.2, 0.25) is 0 Å². The van der Waals surface area contributed by atoms with E-state index in [-0.39, 0.29) is 5.92 Å². The third kappa shape index (κ3) is 3.67. The van der Waals surface area contributed by atoms with Gasteiger partial charge in [0.05, 0.1) is 6.54 Å². The van der Waals surface area contributed by atoms with E-state index < -0.39 is 0 Å². The van der Waals surface area contributed by atoms with Gasteiger partial charge in [0.15, 0.2) is 0 Å². The minimum absolute atomic E-state index is 0.0145. The molecule has 1 heterocycles. The molecule has 5 heteroatoms. The quantitative estimate of drug-likeness (QED) is 0.646. The Bertz CT molecular complexity index is 472. The second kappa shape index (κ2) is 7.31. The molecule has 1 aromatic carbocycles. The lowest BCUT2D eigenvalue weighted by Gasteiger charge is -2.41. The van der Waals surface area contributed by atoms with Gasteiger partial charge in [-0.25, -0.2) is 0 Å². The number of anilines is 1. The predicted molar refractivity (Wildman–Crippen MR) is 87.9 cm³/mol. The first-order chi connectivity index (χ1) is 10.2. The van der Waals surface area contributed by atoms with Crippen LogP contribution in [0.1, 0.15) is 25.3 Å². The number of rotatable bonds is 5. The number of piperazine rings is 1. The van der Waals surface area contributed by atoms with Crippen LogP contribution in [0.4, 0.5) is 5.69 Å². The van der Waals surface area contributed by atoms with Crippen molar-refractivity contribution in [2.45, 2.75) is 31.8 Å². The van der Waals surface area contributed by atoms with Crippen LogP contribution in [0, 0.1) is 5.41 Å². The minimum atomic E-state index is 0.0145. The van der Waals surface area contributed by atoms with E-state index in [1.807, 2.05) is 0 Å². The Balaban J connectivity index is 2.15. The maximum atomic E-state index is 7.54. The van der Waals surface area contributed by atoms with Crippen LogP contribution in [0.15, 0.2) is 34.5 Å². The Morgan fingerprint density at radius 2 is 1.90 bits per heavy atom. The Labute approximate surface area is 127 Å². The van der Waals surface area contributed by atoms with Gasteiger partial charge in [0, 0.05) is 50.0 Å². The molecule has 1 aromatic rings. The average molecular weight is 287 g/mol. The molecule has 0 radical (unpaired) electrons. The zero-order valence-electron chi connectivity index (χ0n) is 13.1. The van der Waals surface area contributed by atoms with Crippen molar-refractivity contribution in [1.82, 2.24) is 5.32 Å². The Hall–Kier alpha value is -1.75. The molecule has 3 atom stereocenters. The van der Waals surface area contributed by atoms with Crippen molar-refractivity contribution < 1.29 is 0 Å².